The van der Waals surface area contributed by atoms with E-state index in [-0.39, 0.29) is 6.04 Å². The Morgan fingerprint density at radius 1 is 1.33 bits per heavy atom. The van der Waals surface area contributed by atoms with Gasteiger partial charge in [-0.25, -0.2) is 4.98 Å². The number of halogens is 1. The molecule has 0 amide bonds. The van der Waals surface area contributed by atoms with Crippen molar-refractivity contribution in [1.29, 1.82) is 0 Å². The molecule has 2 N–H and O–H groups in total. The molecule has 21 heavy (non-hydrogen) atoms. The largest absolute Gasteiger partial charge is 0.379 e. The van der Waals surface area contributed by atoms with Gasteiger partial charge in [-0.15, -0.1) is 0 Å². The van der Waals surface area contributed by atoms with Crippen LogP contribution in [0.25, 0.3) is 11.6 Å². The van der Waals surface area contributed by atoms with Gasteiger partial charge >= 0.3 is 0 Å². The van der Waals surface area contributed by atoms with Gasteiger partial charge in [-0.2, -0.15) is 4.98 Å². The van der Waals surface area contributed by atoms with Crippen LogP contribution in [-0.2, 0) is 4.74 Å². The maximum atomic E-state index is 6.13. The van der Waals surface area contributed by atoms with Crippen LogP contribution in [0.2, 0.25) is 5.02 Å². The van der Waals surface area contributed by atoms with Crippen LogP contribution >= 0.6 is 11.6 Å². The topological polar surface area (TPSA) is 90.3 Å². The van der Waals surface area contributed by atoms with Crippen molar-refractivity contribution in [1.82, 2.24) is 20.0 Å². The fourth-order valence-corrected chi connectivity index (χ4v) is 2.25. The number of hydrogen-bond donors (Lipinski definition) is 1. The van der Waals surface area contributed by atoms with Crippen LogP contribution in [0.15, 0.2) is 22.9 Å². The first-order valence-electron chi connectivity index (χ1n) is 6.73. The summed E-state index contributed by atoms with van der Waals surface area (Å²) in [5.41, 5.74) is 6.71. The highest BCUT2D eigenvalue weighted by molar-refractivity contribution is 6.30. The quantitative estimate of drug-likeness (QED) is 0.905. The summed E-state index contributed by atoms with van der Waals surface area (Å²) >= 11 is 5.80. The fraction of sp³-hybridized carbons (Fsp3) is 0.462. The zero-order valence-corrected chi connectivity index (χ0v) is 12.2. The second-order valence-electron chi connectivity index (χ2n) is 4.84. The molecule has 0 aliphatic carbocycles. The molecular formula is C13H16ClN5O2. The van der Waals surface area contributed by atoms with E-state index in [1.54, 1.807) is 12.1 Å². The maximum absolute atomic E-state index is 6.13. The number of hydrogen-bond acceptors (Lipinski definition) is 7. The Bertz CT molecular complexity index is 583. The third-order valence-electron chi connectivity index (χ3n) is 3.28. The van der Waals surface area contributed by atoms with Crippen LogP contribution in [0.1, 0.15) is 11.9 Å². The van der Waals surface area contributed by atoms with E-state index in [0.717, 1.165) is 26.3 Å². The molecule has 0 saturated carbocycles. The highest BCUT2D eigenvalue weighted by atomic mass is 35.5. The average molecular weight is 310 g/mol. The number of rotatable bonds is 4. The van der Waals surface area contributed by atoms with Crippen molar-refractivity contribution >= 4 is 11.6 Å². The van der Waals surface area contributed by atoms with E-state index in [2.05, 4.69) is 20.0 Å². The van der Waals surface area contributed by atoms with E-state index in [1.807, 2.05) is 0 Å². The lowest BCUT2D eigenvalue weighted by Crippen LogP contribution is -2.40. The van der Waals surface area contributed by atoms with E-state index in [1.165, 1.54) is 6.20 Å². The van der Waals surface area contributed by atoms with Crippen molar-refractivity contribution in [2.24, 2.45) is 5.73 Å². The van der Waals surface area contributed by atoms with Gasteiger partial charge in [0.2, 0.25) is 0 Å². The zero-order valence-electron chi connectivity index (χ0n) is 11.4. The van der Waals surface area contributed by atoms with Gasteiger partial charge < -0.3 is 15.0 Å². The molecule has 8 heteroatoms. The molecule has 1 atom stereocenters. The second-order valence-corrected chi connectivity index (χ2v) is 5.28. The predicted octanol–water partition coefficient (Wildman–Crippen LogP) is 1.12. The summed E-state index contributed by atoms with van der Waals surface area (Å²) in [7, 11) is 0. The van der Waals surface area contributed by atoms with E-state index < -0.39 is 0 Å². The first-order chi connectivity index (χ1) is 10.2. The normalized spacial score (nSPS) is 17.8. The third-order valence-corrected chi connectivity index (χ3v) is 3.50. The van der Waals surface area contributed by atoms with Gasteiger partial charge in [-0.1, -0.05) is 16.8 Å². The standard InChI is InChI=1S/C13H16ClN5O2/c14-9-1-2-11(16-7-9)13-17-12(18-21-13)10(15)8-19-3-5-20-6-4-19/h1-2,7,10H,3-6,8,15H2. The van der Waals surface area contributed by atoms with Gasteiger partial charge in [0.15, 0.2) is 5.82 Å². The molecule has 1 unspecified atom stereocenters. The summed E-state index contributed by atoms with van der Waals surface area (Å²) in [6.45, 7) is 3.89. The minimum Gasteiger partial charge on any atom is -0.379 e. The van der Waals surface area contributed by atoms with Crippen LogP contribution in [0, 0.1) is 0 Å². The second kappa shape index (κ2) is 6.48. The highest BCUT2D eigenvalue weighted by Crippen LogP contribution is 2.18. The minimum atomic E-state index is -0.298. The Balaban J connectivity index is 1.67. The molecule has 1 aliphatic rings. The van der Waals surface area contributed by atoms with Crippen molar-refractivity contribution in [3.63, 3.8) is 0 Å². The van der Waals surface area contributed by atoms with E-state index in [4.69, 9.17) is 26.6 Å². The highest BCUT2D eigenvalue weighted by Gasteiger charge is 2.20. The Labute approximate surface area is 127 Å². The molecule has 1 aliphatic heterocycles. The van der Waals surface area contributed by atoms with Gasteiger partial charge in [0.25, 0.3) is 5.89 Å². The van der Waals surface area contributed by atoms with Gasteiger partial charge in [-0.3, -0.25) is 4.90 Å². The first kappa shape index (κ1) is 14.4. The molecule has 1 fully saturated rings. The fourth-order valence-electron chi connectivity index (χ4n) is 2.14. The molecule has 2 aromatic heterocycles. The first-order valence-corrected chi connectivity index (χ1v) is 7.11. The van der Waals surface area contributed by atoms with Crippen LogP contribution in [-0.4, -0.2) is 52.9 Å². The summed E-state index contributed by atoms with van der Waals surface area (Å²) in [6.07, 6.45) is 1.54. The molecule has 0 bridgehead atoms. The minimum absolute atomic E-state index is 0.298. The molecule has 7 nitrogen and oxygen atoms in total. The molecule has 0 radical (unpaired) electrons. The van der Waals surface area contributed by atoms with E-state index in [0.29, 0.717) is 29.0 Å². The van der Waals surface area contributed by atoms with Gasteiger partial charge in [0, 0.05) is 25.8 Å². The lowest BCUT2D eigenvalue weighted by Gasteiger charge is -2.27. The molecule has 0 aromatic carbocycles. The SMILES string of the molecule is NC(CN1CCOCC1)c1noc(-c2ccc(Cl)cn2)n1. The van der Waals surface area contributed by atoms with Crippen molar-refractivity contribution in [2.45, 2.75) is 6.04 Å². The lowest BCUT2D eigenvalue weighted by atomic mass is 10.2. The van der Waals surface area contributed by atoms with Crippen LogP contribution in [0.5, 0.6) is 0 Å². The van der Waals surface area contributed by atoms with E-state index in [9.17, 15) is 0 Å². The number of nitrogens with two attached hydrogens (primary N) is 1. The van der Waals surface area contributed by atoms with Crippen LogP contribution in [0.3, 0.4) is 0 Å². The summed E-state index contributed by atoms with van der Waals surface area (Å²) in [5, 5.41) is 4.50. The smallest absolute Gasteiger partial charge is 0.276 e. The number of nitrogens with zero attached hydrogens (tertiary/aromatic N) is 4. The number of pyridine rings is 1. The Morgan fingerprint density at radius 3 is 2.86 bits per heavy atom. The van der Waals surface area contributed by atoms with Crippen molar-refractivity contribution in [2.75, 3.05) is 32.8 Å². The van der Waals surface area contributed by atoms with Crippen molar-refractivity contribution in [3.05, 3.63) is 29.2 Å². The number of morpholine rings is 1. The summed E-state index contributed by atoms with van der Waals surface area (Å²) < 4.78 is 10.5. The summed E-state index contributed by atoms with van der Waals surface area (Å²) in [5.74, 6) is 0.826. The lowest BCUT2D eigenvalue weighted by molar-refractivity contribution is 0.0348. The summed E-state index contributed by atoms with van der Waals surface area (Å²) in [4.78, 5) is 10.7. The summed E-state index contributed by atoms with van der Waals surface area (Å²) in [6, 6.07) is 3.15. The van der Waals surface area contributed by atoms with Crippen LogP contribution in [0.4, 0.5) is 0 Å². The van der Waals surface area contributed by atoms with Gasteiger partial charge in [0.05, 0.1) is 24.3 Å². The molecule has 112 valence electrons. The Kier molecular flexibility index (Phi) is 4.45. The Morgan fingerprint density at radius 2 is 2.14 bits per heavy atom. The molecule has 2 aromatic rings. The average Bonchev–Trinajstić information content (AvgIpc) is 2.99. The third kappa shape index (κ3) is 3.56. The number of aromatic nitrogens is 3. The van der Waals surface area contributed by atoms with Crippen LogP contribution < -0.4 is 5.73 Å². The van der Waals surface area contributed by atoms with Crippen molar-refractivity contribution in [3.8, 4) is 11.6 Å². The van der Waals surface area contributed by atoms with Gasteiger partial charge in [-0.05, 0) is 12.1 Å². The van der Waals surface area contributed by atoms with E-state index >= 15 is 0 Å². The monoisotopic (exact) mass is 309 g/mol. The Hall–Kier alpha value is -1.54. The van der Waals surface area contributed by atoms with Crippen molar-refractivity contribution < 1.29 is 9.26 Å². The number of ether oxygens (including phenoxy) is 1. The molecule has 3 heterocycles. The predicted molar refractivity (Wildman–Crippen MR) is 76.7 cm³/mol. The molecule has 3 rings (SSSR count). The zero-order chi connectivity index (χ0) is 14.7. The molecular weight excluding hydrogens is 294 g/mol. The maximum Gasteiger partial charge on any atom is 0.276 e. The molecule has 1 saturated heterocycles. The van der Waals surface area contributed by atoms with Gasteiger partial charge in [0.1, 0.15) is 5.69 Å². The molecule has 0 spiro atoms.